The van der Waals surface area contributed by atoms with E-state index in [0.717, 1.165) is 11.1 Å². The molecule has 2 N–H and O–H groups in total. The first-order chi connectivity index (χ1) is 7.22. The molecule has 0 heterocycles. The Morgan fingerprint density at radius 2 is 1.81 bits per heavy atom. The van der Waals surface area contributed by atoms with Crippen molar-refractivity contribution >= 4 is 11.4 Å². The number of hydrogen-bond donors (Lipinski definition) is 1. The third-order valence-electron chi connectivity index (χ3n) is 2.32. The van der Waals surface area contributed by atoms with Gasteiger partial charge in [0.25, 0.3) is 5.69 Å². The van der Waals surface area contributed by atoms with Crippen molar-refractivity contribution in [2.45, 2.75) is 40.2 Å². The smallest absolute Gasteiger partial charge is 0.270 e. The Morgan fingerprint density at radius 1 is 1.25 bits per heavy atom. The lowest BCUT2D eigenvalue weighted by Crippen LogP contribution is -2.14. The molecule has 16 heavy (non-hydrogen) atoms. The minimum Gasteiger partial charge on any atom is -0.594 e. The number of nitrogen functional groups attached to an aromatic ring is 1. The van der Waals surface area contributed by atoms with Crippen molar-refractivity contribution in [1.82, 2.24) is 0 Å². The number of rotatable bonds is 1. The second kappa shape index (κ2) is 4.12. The minimum atomic E-state index is -0.412. The fourth-order valence-corrected chi connectivity index (χ4v) is 1.40. The van der Waals surface area contributed by atoms with Crippen LogP contribution in [0.25, 0.3) is 0 Å². The fourth-order valence-electron chi connectivity index (χ4n) is 1.40. The Balaban J connectivity index is 3.34. The van der Waals surface area contributed by atoms with Gasteiger partial charge in [0.05, 0.1) is 0 Å². The molecule has 1 aromatic rings. The van der Waals surface area contributed by atoms with Gasteiger partial charge in [-0.25, -0.2) is 0 Å². The number of aryl methyl sites for hydroxylation is 1. The molecule has 1 rings (SSSR count). The summed E-state index contributed by atoms with van der Waals surface area (Å²) in [5, 5.41) is 16.0. The van der Waals surface area contributed by atoms with E-state index in [2.05, 4.69) is 5.11 Å². The van der Waals surface area contributed by atoms with Gasteiger partial charge in [-0.05, 0) is 51.4 Å². The summed E-state index contributed by atoms with van der Waals surface area (Å²) in [5.41, 5.74) is 8.23. The van der Waals surface area contributed by atoms with Crippen LogP contribution in [-0.4, -0.2) is 10.4 Å². The minimum absolute atomic E-state index is 0.412. The van der Waals surface area contributed by atoms with E-state index in [-0.39, 0.29) is 0 Å². The van der Waals surface area contributed by atoms with Gasteiger partial charge >= 0.3 is 0 Å². The quantitative estimate of drug-likeness (QED) is 0.342. The molecule has 0 saturated carbocycles. The molecular weight excluding hydrogens is 202 g/mol. The largest absolute Gasteiger partial charge is 0.594 e. The fraction of sp³-hybridized carbons (Fsp3) is 0.500. The lowest BCUT2D eigenvalue weighted by Gasteiger charge is -2.12. The first kappa shape index (κ1) is 12.5. The predicted octanol–water partition coefficient (Wildman–Crippen LogP) is 3.28. The molecule has 4 heteroatoms. The van der Waals surface area contributed by atoms with Gasteiger partial charge < -0.3 is 10.9 Å². The van der Waals surface area contributed by atoms with Crippen molar-refractivity contribution < 1.29 is 4.86 Å². The Bertz CT molecular complexity index is 431. The zero-order valence-electron chi connectivity index (χ0n) is 10.5. The van der Waals surface area contributed by atoms with Gasteiger partial charge in [0, 0.05) is 5.56 Å². The van der Waals surface area contributed by atoms with Crippen LogP contribution in [0.5, 0.6) is 0 Å². The zero-order valence-corrected chi connectivity index (χ0v) is 10.5. The molecule has 0 aliphatic carbocycles. The Labute approximate surface area is 96.4 Å². The van der Waals surface area contributed by atoms with Gasteiger partial charge in [0.2, 0.25) is 0 Å². The van der Waals surface area contributed by atoms with Crippen LogP contribution in [0.3, 0.4) is 0 Å². The van der Waals surface area contributed by atoms with Crippen LogP contribution in [0.15, 0.2) is 17.2 Å². The van der Waals surface area contributed by atoms with Crippen LogP contribution in [0.4, 0.5) is 11.4 Å². The van der Waals surface area contributed by atoms with Crippen molar-refractivity contribution in [3.63, 3.8) is 0 Å². The first-order valence-electron chi connectivity index (χ1n) is 5.28. The highest BCUT2D eigenvalue weighted by Crippen LogP contribution is 2.29. The van der Waals surface area contributed by atoms with E-state index >= 15 is 0 Å². The highest BCUT2D eigenvalue weighted by Gasteiger charge is 2.19. The van der Waals surface area contributed by atoms with E-state index in [0.29, 0.717) is 16.2 Å². The molecule has 0 spiro atoms. The maximum Gasteiger partial charge on any atom is 0.270 e. The van der Waals surface area contributed by atoms with Crippen LogP contribution in [0.1, 0.15) is 31.9 Å². The number of azo groups is 1. The van der Waals surface area contributed by atoms with E-state index in [1.54, 1.807) is 6.07 Å². The van der Waals surface area contributed by atoms with Crippen LogP contribution in [-0.2, 0) is 0 Å². The molecule has 0 fully saturated rings. The molecule has 4 nitrogen and oxygen atoms in total. The molecule has 1 aromatic carbocycles. The Morgan fingerprint density at radius 3 is 2.31 bits per heavy atom. The SMILES string of the molecule is Cc1ccc(N)c([N+]([O-])=NC(C)(C)C)c1C. The maximum absolute atomic E-state index is 11.9. The molecule has 0 aliphatic heterocycles. The van der Waals surface area contributed by atoms with Gasteiger partial charge in [-0.3, -0.25) is 0 Å². The van der Waals surface area contributed by atoms with E-state index in [4.69, 9.17) is 5.73 Å². The molecule has 0 atom stereocenters. The molecule has 0 aliphatic rings. The summed E-state index contributed by atoms with van der Waals surface area (Å²) in [6.45, 7) is 9.45. The second-order valence-corrected chi connectivity index (χ2v) is 4.99. The van der Waals surface area contributed by atoms with E-state index in [1.165, 1.54) is 0 Å². The van der Waals surface area contributed by atoms with Crippen molar-refractivity contribution in [2.24, 2.45) is 5.11 Å². The Hall–Kier alpha value is -1.58. The van der Waals surface area contributed by atoms with E-state index < -0.39 is 5.54 Å². The van der Waals surface area contributed by atoms with Gasteiger partial charge in [-0.2, -0.15) is 0 Å². The molecule has 0 unspecified atom stereocenters. The highest BCUT2D eigenvalue weighted by atomic mass is 16.5. The summed E-state index contributed by atoms with van der Waals surface area (Å²) in [5.74, 6) is 0. The zero-order chi connectivity index (χ0) is 12.5. The molecular formula is C12H19N3O. The average molecular weight is 221 g/mol. The third kappa shape index (κ3) is 2.72. The third-order valence-corrected chi connectivity index (χ3v) is 2.32. The summed E-state index contributed by atoms with van der Waals surface area (Å²) in [4.78, 5) is 0.637. The topological polar surface area (TPSA) is 64.5 Å². The van der Waals surface area contributed by atoms with Gasteiger partial charge in [0.1, 0.15) is 11.2 Å². The molecule has 0 aromatic heterocycles. The second-order valence-electron chi connectivity index (χ2n) is 4.99. The first-order valence-corrected chi connectivity index (χ1v) is 5.28. The average Bonchev–Trinajstić information content (AvgIpc) is 2.09. The Kier molecular flexibility index (Phi) is 3.21. The van der Waals surface area contributed by atoms with Crippen molar-refractivity contribution in [3.8, 4) is 0 Å². The number of nitrogens with two attached hydrogens (primary N) is 1. The number of nitrogens with zero attached hydrogens (tertiary/aromatic N) is 2. The summed E-state index contributed by atoms with van der Waals surface area (Å²) in [6, 6.07) is 3.64. The standard InChI is InChI=1S/C12H19N3O/c1-8-6-7-10(13)11(9(8)2)15(16)14-12(3,4)5/h6-7H,13H2,1-5H3. The molecule has 0 amide bonds. The van der Waals surface area contributed by atoms with Gasteiger partial charge in [-0.15, -0.1) is 0 Å². The lowest BCUT2D eigenvalue weighted by atomic mass is 10.1. The monoisotopic (exact) mass is 221 g/mol. The van der Waals surface area contributed by atoms with E-state index in [1.807, 2.05) is 40.7 Å². The molecule has 88 valence electrons. The summed E-state index contributed by atoms with van der Waals surface area (Å²) in [6.07, 6.45) is 0. The normalized spacial score (nSPS) is 12.9. The molecule has 0 bridgehead atoms. The summed E-state index contributed by atoms with van der Waals surface area (Å²) < 4.78 is 0. The van der Waals surface area contributed by atoms with Crippen LogP contribution < -0.4 is 5.73 Å². The molecule has 0 radical (unpaired) electrons. The number of benzene rings is 1. The van der Waals surface area contributed by atoms with Crippen molar-refractivity contribution in [2.75, 3.05) is 5.73 Å². The van der Waals surface area contributed by atoms with Gasteiger partial charge in [-0.1, -0.05) is 10.9 Å². The molecule has 0 saturated heterocycles. The lowest BCUT2D eigenvalue weighted by molar-refractivity contribution is -0.449. The van der Waals surface area contributed by atoms with Gasteiger partial charge in [0.15, 0.2) is 0 Å². The van der Waals surface area contributed by atoms with Crippen LogP contribution in [0.2, 0.25) is 0 Å². The summed E-state index contributed by atoms with van der Waals surface area (Å²) >= 11 is 0. The van der Waals surface area contributed by atoms with E-state index in [9.17, 15) is 5.21 Å². The highest BCUT2D eigenvalue weighted by molar-refractivity contribution is 5.63. The maximum atomic E-state index is 11.9. The summed E-state index contributed by atoms with van der Waals surface area (Å²) in [7, 11) is 0. The van der Waals surface area contributed by atoms with Crippen LogP contribution in [0, 0.1) is 19.1 Å². The number of hydrogen-bond acceptors (Lipinski definition) is 3. The van der Waals surface area contributed by atoms with Crippen molar-refractivity contribution in [3.05, 3.63) is 28.5 Å². The predicted molar refractivity (Wildman–Crippen MR) is 65.8 cm³/mol. The van der Waals surface area contributed by atoms with Crippen molar-refractivity contribution in [1.29, 1.82) is 0 Å². The van der Waals surface area contributed by atoms with Crippen LogP contribution >= 0.6 is 0 Å². The number of anilines is 1.